The van der Waals surface area contributed by atoms with Crippen LogP contribution < -0.4 is 5.32 Å². The molecule has 2 aliphatic heterocycles. The second-order valence-electron chi connectivity index (χ2n) is 5.31. The molecule has 0 saturated carbocycles. The van der Waals surface area contributed by atoms with Gasteiger partial charge < -0.3 is 10.1 Å². The highest BCUT2D eigenvalue weighted by atomic mass is 32.2. The van der Waals surface area contributed by atoms with Gasteiger partial charge >= 0.3 is 0 Å². The number of sulfone groups is 1. The predicted molar refractivity (Wildman–Crippen MR) is 71.5 cm³/mol. The maximum absolute atomic E-state index is 11.3. The summed E-state index contributed by atoms with van der Waals surface area (Å²) in [7, 11) is -2.74. The quantitative estimate of drug-likeness (QED) is 0.749. The number of rotatable bonds is 5. The van der Waals surface area contributed by atoms with Gasteiger partial charge in [-0.25, -0.2) is 8.42 Å². The van der Waals surface area contributed by atoms with Gasteiger partial charge in [-0.3, -0.25) is 4.90 Å². The first-order valence-electron chi connectivity index (χ1n) is 6.84. The van der Waals surface area contributed by atoms with Crippen LogP contribution in [0.5, 0.6) is 0 Å². The van der Waals surface area contributed by atoms with E-state index >= 15 is 0 Å². The predicted octanol–water partition coefficient (Wildman–Crippen LogP) is -0.269. The molecule has 2 atom stereocenters. The Hall–Kier alpha value is -0.170. The second kappa shape index (κ2) is 6.32. The molecule has 0 amide bonds. The smallest absolute Gasteiger partial charge is 0.150 e. The highest BCUT2D eigenvalue weighted by Crippen LogP contribution is 2.17. The minimum absolute atomic E-state index is 0.247. The van der Waals surface area contributed by atoms with Crippen LogP contribution in [0.15, 0.2) is 0 Å². The van der Waals surface area contributed by atoms with Gasteiger partial charge in [0.15, 0.2) is 9.84 Å². The monoisotopic (exact) mass is 276 g/mol. The molecule has 106 valence electrons. The van der Waals surface area contributed by atoms with Gasteiger partial charge in [0.25, 0.3) is 0 Å². The molecule has 2 aliphatic rings. The average molecular weight is 276 g/mol. The number of morpholine rings is 1. The van der Waals surface area contributed by atoms with Crippen molar-refractivity contribution in [2.45, 2.75) is 19.4 Å². The van der Waals surface area contributed by atoms with Crippen molar-refractivity contribution in [2.24, 2.45) is 5.92 Å². The maximum Gasteiger partial charge on any atom is 0.150 e. The molecular weight excluding hydrogens is 252 g/mol. The van der Waals surface area contributed by atoms with E-state index in [4.69, 9.17) is 4.74 Å². The molecule has 1 N–H and O–H groups in total. The molecule has 6 heteroatoms. The van der Waals surface area contributed by atoms with Crippen molar-refractivity contribution in [2.75, 3.05) is 50.8 Å². The van der Waals surface area contributed by atoms with Crippen LogP contribution >= 0.6 is 0 Å². The zero-order chi connectivity index (χ0) is 13.0. The number of nitrogens with zero attached hydrogens (tertiary/aromatic N) is 1. The summed E-state index contributed by atoms with van der Waals surface area (Å²) in [5, 5.41) is 3.36. The van der Waals surface area contributed by atoms with Crippen molar-refractivity contribution in [1.29, 1.82) is 0 Å². The Balaban J connectivity index is 1.63. The van der Waals surface area contributed by atoms with Crippen LogP contribution in [0.3, 0.4) is 0 Å². The largest absolute Gasteiger partial charge is 0.374 e. The summed E-state index contributed by atoms with van der Waals surface area (Å²) < 4.78 is 28.4. The number of ether oxygens (including phenoxy) is 1. The summed E-state index contributed by atoms with van der Waals surface area (Å²) in [6, 6.07) is 0. The molecule has 2 saturated heterocycles. The van der Waals surface area contributed by atoms with E-state index < -0.39 is 9.84 Å². The van der Waals surface area contributed by atoms with Gasteiger partial charge in [-0.1, -0.05) is 6.92 Å². The van der Waals surface area contributed by atoms with Crippen LogP contribution in [-0.2, 0) is 14.6 Å². The molecule has 2 rings (SSSR count). The molecule has 2 heterocycles. The van der Waals surface area contributed by atoms with Gasteiger partial charge in [-0.2, -0.15) is 0 Å². The maximum atomic E-state index is 11.3. The Morgan fingerprint density at radius 1 is 1.39 bits per heavy atom. The normalized spacial score (nSPS) is 32.7. The lowest BCUT2D eigenvalue weighted by Crippen LogP contribution is -2.47. The summed E-state index contributed by atoms with van der Waals surface area (Å²) in [5.74, 6) is 1.01. The Morgan fingerprint density at radius 3 is 2.89 bits per heavy atom. The summed E-state index contributed by atoms with van der Waals surface area (Å²) in [6.07, 6.45) is 1.05. The van der Waals surface area contributed by atoms with Crippen LogP contribution in [0.4, 0.5) is 0 Å². The van der Waals surface area contributed by atoms with Crippen LogP contribution in [0.25, 0.3) is 0 Å². The summed E-state index contributed by atoms with van der Waals surface area (Å²) in [5.41, 5.74) is 0. The number of likely N-dealkylation sites (N-methyl/N-ethyl adjacent to an activating group) is 1. The minimum Gasteiger partial charge on any atom is -0.374 e. The third kappa shape index (κ3) is 4.19. The molecule has 5 nitrogen and oxygen atoms in total. The zero-order valence-corrected chi connectivity index (χ0v) is 11.9. The topological polar surface area (TPSA) is 58.6 Å². The Bertz CT molecular complexity index is 358. The van der Waals surface area contributed by atoms with E-state index in [2.05, 4.69) is 17.1 Å². The molecule has 0 radical (unpaired) electrons. The SMILES string of the molecule is CCN1CCOC(CNCC2CCS(=O)(=O)C2)C1. The van der Waals surface area contributed by atoms with Crippen molar-refractivity contribution in [1.82, 2.24) is 10.2 Å². The fourth-order valence-electron chi connectivity index (χ4n) is 2.67. The number of nitrogens with one attached hydrogen (secondary N) is 1. The third-order valence-electron chi connectivity index (χ3n) is 3.80. The fourth-order valence-corrected chi connectivity index (χ4v) is 4.53. The number of hydrogen-bond donors (Lipinski definition) is 1. The van der Waals surface area contributed by atoms with Gasteiger partial charge in [-0.05, 0) is 25.4 Å². The Labute approximate surface area is 110 Å². The number of hydrogen-bond acceptors (Lipinski definition) is 5. The average Bonchev–Trinajstić information content (AvgIpc) is 2.69. The first kappa shape index (κ1) is 14.2. The summed E-state index contributed by atoms with van der Waals surface area (Å²) in [6.45, 7) is 7.66. The Kier molecular flexibility index (Phi) is 5.00. The lowest BCUT2D eigenvalue weighted by atomic mass is 10.1. The van der Waals surface area contributed by atoms with Crippen LogP contribution in [0.2, 0.25) is 0 Å². The van der Waals surface area contributed by atoms with Crippen molar-refractivity contribution < 1.29 is 13.2 Å². The minimum atomic E-state index is -2.74. The molecule has 0 spiro atoms. The highest BCUT2D eigenvalue weighted by Gasteiger charge is 2.27. The van der Waals surface area contributed by atoms with E-state index in [0.29, 0.717) is 17.4 Å². The lowest BCUT2D eigenvalue weighted by molar-refractivity contribution is -0.0254. The Morgan fingerprint density at radius 2 is 2.22 bits per heavy atom. The molecule has 2 fully saturated rings. The van der Waals surface area contributed by atoms with Gasteiger partial charge in [-0.15, -0.1) is 0 Å². The zero-order valence-electron chi connectivity index (χ0n) is 11.1. The van der Waals surface area contributed by atoms with E-state index in [-0.39, 0.29) is 6.10 Å². The van der Waals surface area contributed by atoms with Crippen molar-refractivity contribution in [3.63, 3.8) is 0 Å². The second-order valence-corrected chi connectivity index (χ2v) is 7.54. The molecular formula is C12H24N2O3S. The van der Waals surface area contributed by atoms with Crippen LogP contribution in [0, 0.1) is 5.92 Å². The first-order valence-corrected chi connectivity index (χ1v) is 8.66. The van der Waals surface area contributed by atoms with E-state index in [0.717, 1.165) is 45.8 Å². The van der Waals surface area contributed by atoms with Crippen LogP contribution in [0.1, 0.15) is 13.3 Å². The van der Waals surface area contributed by atoms with Crippen molar-refractivity contribution in [3.8, 4) is 0 Å². The van der Waals surface area contributed by atoms with Gasteiger partial charge in [0.2, 0.25) is 0 Å². The molecule has 0 aliphatic carbocycles. The van der Waals surface area contributed by atoms with Crippen LogP contribution in [-0.4, -0.2) is 70.3 Å². The molecule has 0 aromatic carbocycles. The molecule has 0 bridgehead atoms. The van der Waals surface area contributed by atoms with Gasteiger partial charge in [0.05, 0.1) is 24.2 Å². The molecule has 2 unspecified atom stereocenters. The van der Waals surface area contributed by atoms with Gasteiger partial charge in [0.1, 0.15) is 0 Å². The summed E-state index contributed by atoms with van der Waals surface area (Å²) in [4.78, 5) is 2.38. The van der Waals surface area contributed by atoms with E-state index in [9.17, 15) is 8.42 Å². The highest BCUT2D eigenvalue weighted by molar-refractivity contribution is 7.91. The molecule has 0 aromatic heterocycles. The van der Waals surface area contributed by atoms with Gasteiger partial charge in [0, 0.05) is 19.6 Å². The van der Waals surface area contributed by atoms with E-state index in [1.807, 2.05) is 0 Å². The van der Waals surface area contributed by atoms with Crippen molar-refractivity contribution in [3.05, 3.63) is 0 Å². The standard InChI is InChI=1S/C12H24N2O3S/c1-2-14-4-5-17-12(9-14)8-13-7-11-3-6-18(15,16)10-11/h11-13H,2-10H2,1H3. The third-order valence-corrected chi connectivity index (χ3v) is 5.64. The van der Waals surface area contributed by atoms with E-state index in [1.54, 1.807) is 0 Å². The van der Waals surface area contributed by atoms with E-state index in [1.165, 1.54) is 0 Å². The lowest BCUT2D eigenvalue weighted by Gasteiger charge is -2.32. The van der Waals surface area contributed by atoms with Crippen molar-refractivity contribution >= 4 is 9.84 Å². The molecule has 0 aromatic rings. The molecule has 18 heavy (non-hydrogen) atoms. The fraction of sp³-hybridized carbons (Fsp3) is 1.00. The summed E-state index contributed by atoms with van der Waals surface area (Å²) >= 11 is 0. The first-order chi connectivity index (χ1) is 8.59.